The van der Waals surface area contributed by atoms with Crippen LogP contribution in [0.25, 0.3) is 0 Å². The fourth-order valence-electron chi connectivity index (χ4n) is 3.26. The molecule has 0 aromatic heterocycles. The minimum atomic E-state index is -1.04. The fraction of sp³-hybridized carbons (Fsp3) is 0.263. The van der Waals surface area contributed by atoms with Gasteiger partial charge in [-0.25, -0.2) is 8.78 Å². The first-order valence-corrected chi connectivity index (χ1v) is 7.95. The first kappa shape index (κ1) is 17.1. The number of hydrogen-bond donors (Lipinski definition) is 1. The van der Waals surface area contributed by atoms with E-state index in [1.165, 1.54) is 17.0 Å². The van der Waals surface area contributed by atoms with E-state index in [2.05, 4.69) is 0 Å². The standard InChI is InChI=1S/C19H17F2NO3/c20-16-8-4-7-13(18(16)21)9-17(23)22-10-14(15(11-22)19(24)25)12-5-2-1-3-6-12/h1-8,14-15H,9-11H2,(H,24,25). The number of halogens is 2. The molecule has 0 bridgehead atoms. The van der Waals surface area contributed by atoms with Gasteiger partial charge < -0.3 is 10.0 Å². The van der Waals surface area contributed by atoms with E-state index in [0.29, 0.717) is 0 Å². The molecular weight excluding hydrogens is 328 g/mol. The fourth-order valence-corrected chi connectivity index (χ4v) is 3.26. The van der Waals surface area contributed by atoms with Crippen molar-refractivity contribution in [1.29, 1.82) is 0 Å². The van der Waals surface area contributed by atoms with E-state index in [9.17, 15) is 23.5 Å². The molecule has 1 fully saturated rings. The zero-order valence-electron chi connectivity index (χ0n) is 13.4. The highest BCUT2D eigenvalue weighted by molar-refractivity contribution is 5.81. The Hall–Kier alpha value is -2.76. The number of likely N-dealkylation sites (tertiary alicyclic amines) is 1. The summed E-state index contributed by atoms with van der Waals surface area (Å²) in [6.07, 6.45) is -0.294. The summed E-state index contributed by atoms with van der Waals surface area (Å²) in [7, 11) is 0. The van der Waals surface area contributed by atoms with E-state index in [1.807, 2.05) is 30.3 Å². The van der Waals surface area contributed by atoms with Crippen LogP contribution >= 0.6 is 0 Å². The highest BCUT2D eigenvalue weighted by Crippen LogP contribution is 2.33. The van der Waals surface area contributed by atoms with Crippen molar-refractivity contribution in [2.24, 2.45) is 5.92 Å². The molecule has 0 aliphatic carbocycles. The Morgan fingerprint density at radius 2 is 1.76 bits per heavy atom. The van der Waals surface area contributed by atoms with Crippen LogP contribution in [0.5, 0.6) is 0 Å². The number of nitrogens with zero attached hydrogens (tertiary/aromatic N) is 1. The Balaban J connectivity index is 1.78. The van der Waals surface area contributed by atoms with Crippen molar-refractivity contribution < 1.29 is 23.5 Å². The molecule has 0 spiro atoms. The molecule has 1 amide bonds. The molecule has 1 saturated heterocycles. The van der Waals surface area contributed by atoms with Crippen LogP contribution in [0.1, 0.15) is 17.0 Å². The number of carboxylic acids is 1. The van der Waals surface area contributed by atoms with E-state index >= 15 is 0 Å². The molecule has 2 atom stereocenters. The van der Waals surface area contributed by atoms with Gasteiger partial charge in [-0.05, 0) is 11.6 Å². The maximum absolute atomic E-state index is 13.8. The number of rotatable bonds is 4. The van der Waals surface area contributed by atoms with Gasteiger partial charge in [-0.3, -0.25) is 9.59 Å². The molecule has 1 N–H and O–H groups in total. The van der Waals surface area contributed by atoms with Gasteiger partial charge in [0.1, 0.15) is 0 Å². The number of benzene rings is 2. The van der Waals surface area contributed by atoms with Crippen molar-refractivity contribution in [1.82, 2.24) is 4.90 Å². The molecule has 3 rings (SSSR count). The lowest BCUT2D eigenvalue weighted by atomic mass is 9.89. The second-order valence-electron chi connectivity index (χ2n) is 6.15. The van der Waals surface area contributed by atoms with Crippen LogP contribution in [0.3, 0.4) is 0 Å². The second kappa shape index (κ2) is 7.01. The topological polar surface area (TPSA) is 57.6 Å². The lowest BCUT2D eigenvalue weighted by Gasteiger charge is -2.17. The Labute approximate surface area is 143 Å². The van der Waals surface area contributed by atoms with Crippen molar-refractivity contribution in [2.75, 3.05) is 13.1 Å². The normalized spacial score (nSPS) is 19.8. The Morgan fingerprint density at radius 1 is 1.04 bits per heavy atom. The average Bonchev–Trinajstić information content (AvgIpc) is 3.05. The second-order valence-corrected chi connectivity index (χ2v) is 6.15. The van der Waals surface area contributed by atoms with E-state index in [0.717, 1.165) is 11.6 Å². The highest BCUT2D eigenvalue weighted by Gasteiger charge is 2.40. The van der Waals surface area contributed by atoms with E-state index in [4.69, 9.17) is 0 Å². The molecule has 25 heavy (non-hydrogen) atoms. The Bertz CT molecular complexity index is 795. The van der Waals surface area contributed by atoms with Gasteiger partial charge in [0.05, 0.1) is 12.3 Å². The summed E-state index contributed by atoms with van der Waals surface area (Å²) < 4.78 is 27.0. The minimum absolute atomic E-state index is 0.0277. The van der Waals surface area contributed by atoms with Gasteiger partial charge in [0.15, 0.2) is 11.6 Å². The highest BCUT2D eigenvalue weighted by atomic mass is 19.2. The van der Waals surface area contributed by atoms with E-state index in [1.54, 1.807) is 0 Å². The average molecular weight is 345 g/mol. The van der Waals surface area contributed by atoms with Crippen LogP contribution in [-0.4, -0.2) is 35.0 Å². The molecule has 130 valence electrons. The predicted octanol–water partition coefficient (Wildman–Crippen LogP) is 2.83. The van der Waals surface area contributed by atoms with Crippen LogP contribution < -0.4 is 0 Å². The lowest BCUT2D eigenvalue weighted by molar-refractivity contribution is -0.141. The van der Waals surface area contributed by atoms with Crippen molar-refractivity contribution in [3.63, 3.8) is 0 Å². The molecule has 0 radical (unpaired) electrons. The van der Waals surface area contributed by atoms with Crippen molar-refractivity contribution in [3.8, 4) is 0 Å². The van der Waals surface area contributed by atoms with Gasteiger partial charge in [-0.1, -0.05) is 42.5 Å². The quantitative estimate of drug-likeness (QED) is 0.927. The maximum Gasteiger partial charge on any atom is 0.308 e. The molecule has 1 aliphatic rings. The molecule has 1 heterocycles. The molecular formula is C19H17F2NO3. The maximum atomic E-state index is 13.8. The monoisotopic (exact) mass is 345 g/mol. The SMILES string of the molecule is O=C(O)C1CN(C(=O)Cc2cccc(F)c2F)CC1c1ccccc1. The first-order chi connectivity index (χ1) is 12.0. The number of hydrogen-bond acceptors (Lipinski definition) is 2. The van der Waals surface area contributed by atoms with Crippen LogP contribution in [0.4, 0.5) is 8.78 Å². The summed E-state index contributed by atoms with van der Waals surface area (Å²) >= 11 is 0. The van der Waals surface area contributed by atoms with Crippen molar-refractivity contribution in [2.45, 2.75) is 12.3 Å². The Kier molecular flexibility index (Phi) is 4.79. The van der Waals surface area contributed by atoms with Crippen molar-refractivity contribution >= 4 is 11.9 Å². The minimum Gasteiger partial charge on any atom is -0.481 e. The summed E-state index contributed by atoms with van der Waals surface area (Å²) in [6.45, 7) is 0.307. The third-order valence-electron chi connectivity index (χ3n) is 4.59. The summed E-state index contributed by atoms with van der Waals surface area (Å²) in [5, 5.41) is 9.47. The van der Waals surface area contributed by atoms with Crippen LogP contribution in [-0.2, 0) is 16.0 Å². The molecule has 2 unspecified atom stereocenters. The number of carbonyl (C=O) groups excluding carboxylic acids is 1. The van der Waals surface area contributed by atoms with Gasteiger partial charge in [0, 0.05) is 24.6 Å². The van der Waals surface area contributed by atoms with E-state index < -0.39 is 29.4 Å². The summed E-state index contributed by atoms with van der Waals surface area (Å²) in [4.78, 5) is 25.4. The summed E-state index contributed by atoms with van der Waals surface area (Å²) in [5.74, 6) is -4.46. The number of amides is 1. The molecule has 0 saturated carbocycles. The van der Waals surface area contributed by atoms with Crippen molar-refractivity contribution in [3.05, 3.63) is 71.3 Å². The molecule has 1 aliphatic heterocycles. The van der Waals surface area contributed by atoms with Gasteiger partial charge in [-0.15, -0.1) is 0 Å². The first-order valence-electron chi connectivity index (χ1n) is 7.95. The third-order valence-corrected chi connectivity index (χ3v) is 4.59. The molecule has 4 nitrogen and oxygen atoms in total. The summed E-state index contributed by atoms with van der Waals surface area (Å²) in [6, 6.07) is 12.8. The van der Waals surface area contributed by atoms with Gasteiger partial charge in [-0.2, -0.15) is 0 Å². The number of aliphatic carboxylic acids is 1. The Morgan fingerprint density at radius 3 is 2.44 bits per heavy atom. The third kappa shape index (κ3) is 3.52. The van der Waals surface area contributed by atoms with Gasteiger partial charge in [0.25, 0.3) is 0 Å². The number of carbonyl (C=O) groups is 2. The lowest BCUT2D eigenvalue weighted by Crippen LogP contribution is -2.31. The van der Waals surface area contributed by atoms with Crippen LogP contribution in [0.2, 0.25) is 0 Å². The van der Waals surface area contributed by atoms with E-state index in [-0.39, 0.29) is 31.0 Å². The molecule has 6 heteroatoms. The van der Waals surface area contributed by atoms with Crippen LogP contribution in [0, 0.1) is 17.6 Å². The van der Waals surface area contributed by atoms with Gasteiger partial charge in [0.2, 0.25) is 5.91 Å². The zero-order chi connectivity index (χ0) is 18.0. The zero-order valence-corrected chi connectivity index (χ0v) is 13.4. The summed E-state index contributed by atoms with van der Waals surface area (Å²) in [5.41, 5.74) is 0.821. The predicted molar refractivity (Wildman–Crippen MR) is 87.0 cm³/mol. The molecule has 2 aromatic carbocycles. The smallest absolute Gasteiger partial charge is 0.308 e. The largest absolute Gasteiger partial charge is 0.481 e. The number of carboxylic acid groups (broad SMARTS) is 1. The van der Waals surface area contributed by atoms with Crippen LogP contribution in [0.15, 0.2) is 48.5 Å². The molecule has 2 aromatic rings. The van der Waals surface area contributed by atoms with Gasteiger partial charge >= 0.3 is 5.97 Å².